The largest absolute Gasteiger partial charge is 0.385 e. The average Bonchev–Trinajstić information content (AvgIpc) is 2.56. The van der Waals surface area contributed by atoms with Crippen LogP contribution in [0.1, 0.15) is 40.0 Å². The maximum atomic E-state index is 5.44. The smallest absolute Gasteiger partial charge is 0.191 e. The van der Waals surface area contributed by atoms with Crippen molar-refractivity contribution in [2.24, 2.45) is 4.99 Å². The third-order valence-corrected chi connectivity index (χ3v) is 4.15. The van der Waals surface area contributed by atoms with E-state index in [-0.39, 0.29) is 5.54 Å². The fourth-order valence-electron chi connectivity index (χ4n) is 2.64. The first-order valence-electron chi connectivity index (χ1n) is 8.94. The fourth-order valence-corrected chi connectivity index (χ4v) is 2.64. The summed E-state index contributed by atoms with van der Waals surface area (Å²) in [6, 6.07) is 0. The summed E-state index contributed by atoms with van der Waals surface area (Å²) in [4.78, 5) is 7.25. The van der Waals surface area contributed by atoms with E-state index in [9.17, 15) is 0 Å². The molecule has 1 rings (SSSR count). The van der Waals surface area contributed by atoms with Crippen molar-refractivity contribution in [1.29, 1.82) is 0 Å². The monoisotopic (exact) mass is 328 g/mol. The summed E-state index contributed by atoms with van der Waals surface area (Å²) < 4.78 is 10.5. The Morgan fingerprint density at radius 1 is 1.17 bits per heavy atom. The van der Waals surface area contributed by atoms with E-state index in [1.165, 1.54) is 6.42 Å². The molecule has 6 nitrogen and oxygen atoms in total. The average molecular weight is 329 g/mol. The Hall–Kier alpha value is -0.850. The van der Waals surface area contributed by atoms with Gasteiger partial charge in [0.05, 0.1) is 19.8 Å². The normalized spacial score (nSPS) is 17.3. The molecule has 0 aliphatic carbocycles. The second-order valence-electron chi connectivity index (χ2n) is 6.59. The Bertz CT molecular complexity index is 329. The predicted molar refractivity (Wildman–Crippen MR) is 96.2 cm³/mol. The molecule has 6 heteroatoms. The van der Waals surface area contributed by atoms with Crippen LogP contribution in [0.3, 0.4) is 0 Å². The number of rotatable bonds is 10. The van der Waals surface area contributed by atoms with Crippen LogP contribution >= 0.6 is 0 Å². The number of hydrogen-bond acceptors (Lipinski definition) is 4. The number of aliphatic imine (C=N–C) groups is 1. The van der Waals surface area contributed by atoms with E-state index in [1.54, 1.807) is 7.11 Å². The Balaban J connectivity index is 2.37. The molecule has 1 saturated heterocycles. The second kappa shape index (κ2) is 11.6. The molecule has 1 heterocycles. The minimum atomic E-state index is 0.0601. The van der Waals surface area contributed by atoms with Gasteiger partial charge in [-0.2, -0.15) is 0 Å². The van der Waals surface area contributed by atoms with Crippen LogP contribution < -0.4 is 10.6 Å². The SMILES string of the molecule is CCNC(=NCC(C)(C)N1CCOCC1)NCCCCCOC. The van der Waals surface area contributed by atoms with Crippen molar-refractivity contribution in [1.82, 2.24) is 15.5 Å². The third kappa shape index (κ3) is 8.53. The van der Waals surface area contributed by atoms with Gasteiger partial charge in [-0.05, 0) is 40.0 Å². The summed E-state index contributed by atoms with van der Waals surface area (Å²) in [5.74, 6) is 0.917. The van der Waals surface area contributed by atoms with E-state index in [1.807, 2.05) is 0 Å². The molecular formula is C17H36N4O2. The summed E-state index contributed by atoms with van der Waals surface area (Å²) >= 11 is 0. The van der Waals surface area contributed by atoms with Crippen molar-refractivity contribution >= 4 is 5.96 Å². The number of nitrogens with one attached hydrogen (secondary N) is 2. The molecule has 2 N–H and O–H groups in total. The highest BCUT2D eigenvalue weighted by atomic mass is 16.5. The number of morpholine rings is 1. The number of nitrogens with zero attached hydrogens (tertiary/aromatic N) is 2. The molecule has 0 saturated carbocycles. The first kappa shape index (κ1) is 20.2. The molecule has 23 heavy (non-hydrogen) atoms. The van der Waals surface area contributed by atoms with Crippen molar-refractivity contribution in [2.75, 3.05) is 59.7 Å². The molecule has 1 fully saturated rings. The molecule has 1 aliphatic rings. The van der Waals surface area contributed by atoms with Gasteiger partial charge in [-0.3, -0.25) is 9.89 Å². The highest BCUT2D eigenvalue weighted by Gasteiger charge is 2.27. The number of methoxy groups -OCH3 is 1. The van der Waals surface area contributed by atoms with Gasteiger partial charge in [0.25, 0.3) is 0 Å². The Morgan fingerprint density at radius 3 is 2.57 bits per heavy atom. The van der Waals surface area contributed by atoms with Crippen LogP contribution in [-0.4, -0.2) is 76.1 Å². The lowest BCUT2D eigenvalue weighted by molar-refractivity contribution is -0.00683. The zero-order valence-corrected chi connectivity index (χ0v) is 15.5. The van der Waals surface area contributed by atoms with E-state index in [4.69, 9.17) is 14.5 Å². The first-order valence-corrected chi connectivity index (χ1v) is 8.94. The molecule has 0 bridgehead atoms. The Morgan fingerprint density at radius 2 is 1.91 bits per heavy atom. The first-order chi connectivity index (χ1) is 11.1. The topological polar surface area (TPSA) is 58.1 Å². The zero-order chi connectivity index (χ0) is 17.0. The van der Waals surface area contributed by atoms with Gasteiger partial charge in [0, 0.05) is 45.4 Å². The summed E-state index contributed by atoms with van der Waals surface area (Å²) in [7, 11) is 1.75. The van der Waals surface area contributed by atoms with Crippen LogP contribution in [0.5, 0.6) is 0 Å². The standard InChI is InChI=1S/C17H36N4O2/c1-5-18-16(19-9-7-6-8-12-22-4)20-15-17(2,3)21-10-13-23-14-11-21/h5-15H2,1-4H3,(H2,18,19,20). The Labute approximate surface area is 142 Å². The zero-order valence-electron chi connectivity index (χ0n) is 15.5. The fraction of sp³-hybridized carbons (Fsp3) is 0.941. The highest BCUT2D eigenvalue weighted by molar-refractivity contribution is 5.79. The van der Waals surface area contributed by atoms with Gasteiger partial charge in [0.2, 0.25) is 0 Å². The molecule has 0 amide bonds. The van der Waals surface area contributed by atoms with E-state index in [0.717, 1.165) is 71.3 Å². The maximum absolute atomic E-state index is 5.44. The van der Waals surface area contributed by atoms with E-state index < -0.39 is 0 Å². The van der Waals surface area contributed by atoms with Crippen molar-refractivity contribution in [3.05, 3.63) is 0 Å². The number of hydrogen-bond donors (Lipinski definition) is 2. The van der Waals surface area contributed by atoms with Crippen molar-refractivity contribution in [2.45, 2.75) is 45.6 Å². The van der Waals surface area contributed by atoms with Crippen LogP contribution in [0, 0.1) is 0 Å². The minimum Gasteiger partial charge on any atom is -0.385 e. The number of unbranched alkanes of at least 4 members (excludes halogenated alkanes) is 2. The summed E-state index contributed by atoms with van der Waals surface area (Å²) in [5.41, 5.74) is 0.0601. The molecule has 0 aromatic heterocycles. The molecule has 0 aromatic carbocycles. The van der Waals surface area contributed by atoms with Crippen LogP contribution in [0.2, 0.25) is 0 Å². The van der Waals surface area contributed by atoms with Gasteiger partial charge < -0.3 is 20.1 Å². The van der Waals surface area contributed by atoms with E-state index in [2.05, 4.69) is 36.3 Å². The molecule has 0 unspecified atom stereocenters. The van der Waals surface area contributed by atoms with Gasteiger partial charge in [-0.25, -0.2) is 0 Å². The van der Waals surface area contributed by atoms with Crippen molar-refractivity contribution < 1.29 is 9.47 Å². The highest BCUT2D eigenvalue weighted by Crippen LogP contribution is 2.16. The summed E-state index contributed by atoms with van der Waals surface area (Å²) in [6.07, 6.45) is 3.44. The summed E-state index contributed by atoms with van der Waals surface area (Å²) in [5, 5.41) is 6.76. The van der Waals surface area contributed by atoms with Crippen molar-refractivity contribution in [3.8, 4) is 0 Å². The second-order valence-corrected chi connectivity index (χ2v) is 6.59. The molecule has 0 spiro atoms. The molecule has 136 valence electrons. The molecule has 0 radical (unpaired) electrons. The van der Waals surface area contributed by atoms with Crippen LogP contribution in [0.4, 0.5) is 0 Å². The Kier molecular flexibility index (Phi) is 10.2. The van der Waals surface area contributed by atoms with Crippen LogP contribution in [-0.2, 0) is 9.47 Å². The number of guanidine groups is 1. The molecule has 0 atom stereocenters. The quantitative estimate of drug-likeness (QED) is 0.361. The van der Waals surface area contributed by atoms with Gasteiger partial charge >= 0.3 is 0 Å². The van der Waals surface area contributed by atoms with Gasteiger partial charge in [0.15, 0.2) is 5.96 Å². The lowest BCUT2D eigenvalue weighted by Gasteiger charge is -2.39. The molecule has 0 aromatic rings. The maximum Gasteiger partial charge on any atom is 0.191 e. The predicted octanol–water partition coefficient (Wildman–Crippen LogP) is 1.47. The summed E-state index contributed by atoms with van der Waals surface area (Å²) in [6.45, 7) is 13.7. The van der Waals surface area contributed by atoms with Crippen LogP contribution in [0.15, 0.2) is 4.99 Å². The van der Waals surface area contributed by atoms with Gasteiger partial charge in [-0.15, -0.1) is 0 Å². The lowest BCUT2D eigenvalue weighted by Crippen LogP contribution is -2.52. The minimum absolute atomic E-state index is 0.0601. The van der Waals surface area contributed by atoms with Gasteiger partial charge in [0.1, 0.15) is 0 Å². The number of ether oxygens (including phenoxy) is 2. The lowest BCUT2D eigenvalue weighted by atomic mass is 10.0. The molecule has 1 aliphatic heterocycles. The molecular weight excluding hydrogens is 292 g/mol. The van der Waals surface area contributed by atoms with E-state index >= 15 is 0 Å². The van der Waals surface area contributed by atoms with Gasteiger partial charge in [-0.1, -0.05) is 0 Å². The van der Waals surface area contributed by atoms with Crippen LogP contribution in [0.25, 0.3) is 0 Å². The third-order valence-electron chi connectivity index (χ3n) is 4.15. The van der Waals surface area contributed by atoms with E-state index in [0.29, 0.717) is 0 Å². The van der Waals surface area contributed by atoms with Crippen molar-refractivity contribution in [3.63, 3.8) is 0 Å².